The fourth-order valence-electron chi connectivity index (χ4n) is 1.70. The number of hydrogen-bond acceptors (Lipinski definition) is 3. The number of benzene rings is 1. The zero-order valence-corrected chi connectivity index (χ0v) is 10.1. The van der Waals surface area contributed by atoms with Crippen molar-refractivity contribution in [3.8, 4) is 5.75 Å². The Kier molecular flexibility index (Phi) is 3.33. The molecule has 0 aromatic heterocycles. The van der Waals surface area contributed by atoms with Crippen molar-refractivity contribution in [3.63, 3.8) is 0 Å². The highest BCUT2D eigenvalue weighted by atomic mass is 16.5. The number of nitrogens with zero attached hydrogens (tertiary/aromatic N) is 1. The largest absolute Gasteiger partial charge is 0.484 e. The van der Waals surface area contributed by atoms with Gasteiger partial charge in [0.15, 0.2) is 6.61 Å². The van der Waals surface area contributed by atoms with E-state index >= 15 is 0 Å². The number of β-amino-alcohol motifs (C(OH)–C–C–N with tert-alkyl or cyclic N) is 1. The van der Waals surface area contributed by atoms with Gasteiger partial charge in [0, 0.05) is 13.1 Å². The number of hydrogen-bond donors (Lipinski definition) is 1. The standard InChI is InChI=1S/C13H17NO3/c1-9-3-4-12(5-10(9)2)17-8-13(16)14-6-11(15)7-14/h3-5,11,15H,6-8H2,1-2H3. The van der Waals surface area contributed by atoms with E-state index in [1.807, 2.05) is 32.0 Å². The maximum absolute atomic E-state index is 11.6. The van der Waals surface area contributed by atoms with E-state index in [0.29, 0.717) is 18.8 Å². The fourth-order valence-corrected chi connectivity index (χ4v) is 1.70. The summed E-state index contributed by atoms with van der Waals surface area (Å²) in [5.74, 6) is 0.635. The summed E-state index contributed by atoms with van der Waals surface area (Å²) in [5.41, 5.74) is 2.35. The van der Waals surface area contributed by atoms with E-state index in [4.69, 9.17) is 9.84 Å². The lowest BCUT2D eigenvalue weighted by atomic mass is 10.1. The summed E-state index contributed by atoms with van der Waals surface area (Å²) in [5, 5.41) is 9.08. The molecule has 92 valence electrons. The number of carbonyl (C=O) groups is 1. The van der Waals surface area contributed by atoms with Gasteiger partial charge in [-0.3, -0.25) is 4.79 Å². The molecule has 1 N–H and O–H groups in total. The van der Waals surface area contributed by atoms with Crippen molar-refractivity contribution in [1.29, 1.82) is 0 Å². The second kappa shape index (κ2) is 4.75. The van der Waals surface area contributed by atoms with Crippen molar-refractivity contribution in [3.05, 3.63) is 29.3 Å². The van der Waals surface area contributed by atoms with Gasteiger partial charge < -0.3 is 14.7 Å². The molecule has 1 aliphatic heterocycles. The molecule has 0 saturated carbocycles. The van der Waals surface area contributed by atoms with Gasteiger partial charge in [0.1, 0.15) is 5.75 Å². The molecule has 1 aliphatic rings. The Morgan fingerprint density at radius 1 is 1.41 bits per heavy atom. The van der Waals surface area contributed by atoms with Crippen molar-refractivity contribution in [2.45, 2.75) is 20.0 Å². The highest BCUT2D eigenvalue weighted by molar-refractivity contribution is 5.78. The molecule has 4 heteroatoms. The van der Waals surface area contributed by atoms with E-state index in [9.17, 15) is 4.79 Å². The molecule has 1 aromatic rings. The van der Waals surface area contributed by atoms with Crippen LogP contribution < -0.4 is 4.74 Å². The summed E-state index contributed by atoms with van der Waals surface area (Å²) >= 11 is 0. The summed E-state index contributed by atoms with van der Waals surface area (Å²) in [6.45, 7) is 4.93. The summed E-state index contributed by atoms with van der Waals surface area (Å²) in [6, 6.07) is 5.76. The molecule has 0 spiro atoms. The van der Waals surface area contributed by atoms with Crippen LogP contribution >= 0.6 is 0 Å². The first kappa shape index (κ1) is 11.9. The van der Waals surface area contributed by atoms with Crippen LogP contribution in [0.2, 0.25) is 0 Å². The number of likely N-dealkylation sites (tertiary alicyclic amines) is 1. The SMILES string of the molecule is Cc1ccc(OCC(=O)N2CC(O)C2)cc1C. The summed E-state index contributed by atoms with van der Waals surface area (Å²) < 4.78 is 5.42. The van der Waals surface area contributed by atoms with Crippen LogP contribution in [-0.4, -0.2) is 41.7 Å². The van der Waals surface area contributed by atoms with Gasteiger partial charge in [0.05, 0.1) is 6.10 Å². The maximum Gasteiger partial charge on any atom is 0.260 e. The quantitative estimate of drug-likeness (QED) is 0.846. The van der Waals surface area contributed by atoms with Crippen LogP contribution in [-0.2, 0) is 4.79 Å². The Bertz CT molecular complexity index is 425. The fraction of sp³-hybridized carbons (Fsp3) is 0.462. The van der Waals surface area contributed by atoms with Gasteiger partial charge in [-0.25, -0.2) is 0 Å². The first-order chi connectivity index (χ1) is 8.06. The molecule has 17 heavy (non-hydrogen) atoms. The number of aliphatic hydroxyl groups is 1. The van der Waals surface area contributed by atoms with E-state index in [-0.39, 0.29) is 18.6 Å². The topological polar surface area (TPSA) is 49.8 Å². The Hall–Kier alpha value is -1.55. The second-order valence-corrected chi connectivity index (χ2v) is 4.49. The van der Waals surface area contributed by atoms with E-state index in [1.165, 1.54) is 5.56 Å². The van der Waals surface area contributed by atoms with Gasteiger partial charge in [-0.1, -0.05) is 6.07 Å². The molecule has 1 heterocycles. The maximum atomic E-state index is 11.6. The van der Waals surface area contributed by atoms with Crippen LogP contribution in [0.3, 0.4) is 0 Å². The van der Waals surface area contributed by atoms with Crippen LogP contribution in [0, 0.1) is 13.8 Å². The molecule has 0 radical (unpaired) electrons. The van der Waals surface area contributed by atoms with Gasteiger partial charge in [0.2, 0.25) is 0 Å². The molecule has 0 atom stereocenters. The summed E-state index contributed by atoms with van der Waals surface area (Å²) in [7, 11) is 0. The first-order valence-electron chi connectivity index (χ1n) is 5.72. The van der Waals surface area contributed by atoms with Crippen molar-refractivity contribution >= 4 is 5.91 Å². The molecule has 2 rings (SSSR count). The minimum Gasteiger partial charge on any atom is -0.484 e. The second-order valence-electron chi connectivity index (χ2n) is 4.49. The van der Waals surface area contributed by atoms with Gasteiger partial charge in [0.25, 0.3) is 5.91 Å². The van der Waals surface area contributed by atoms with Crippen LogP contribution in [0.1, 0.15) is 11.1 Å². The Morgan fingerprint density at radius 2 is 2.12 bits per heavy atom. The minimum absolute atomic E-state index is 0.0369. The highest BCUT2D eigenvalue weighted by Gasteiger charge is 2.28. The molecule has 1 amide bonds. The van der Waals surface area contributed by atoms with Gasteiger partial charge in [-0.15, -0.1) is 0 Å². The first-order valence-corrected chi connectivity index (χ1v) is 5.72. The molecule has 0 aliphatic carbocycles. The molecule has 1 fully saturated rings. The molecule has 1 aromatic carbocycles. The van der Waals surface area contributed by atoms with Crippen LogP contribution in [0.25, 0.3) is 0 Å². The van der Waals surface area contributed by atoms with Gasteiger partial charge in [-0.05, 0) is 37.1 Å². The van der Waals surface area contributed by atoms with E-state index in [2.05, 4.69) is 0 Å². The molecular formula is C13H17NO3. The molecular weight excluding hydrogens is 218 g/mol. The third kappa shape index (κ3) is 2.77. The Balaban J connectivity index is 1.85. The van der Waals surface area contributed by atoms with E-state index < -0.39 is 0 Å². The lowest BCUT2D eigenvalue weighted by molar-refractivity contribution is -0.143. The monoisotopic (exact) mass is 235 g/mol. The third-order valence-corrected chi connectivity index (χ3v) is 3.06. The van der Waals surface area contributed by atoms with Gasteiger partial charge in [-0.2, -0.15) is 0 Å². The lowest BCUT2D eigenvalue weighted by Gasteiger charge is -2.35. The average Bonchev–Trinajstić information content (AvgIpc) is 2.26. The normalized spacial score (nSPS) is 15.6. The molecule has 4 nitrogen and oxygen atoms in total. The van der Waals surface area contributed by atoms with Crippen LogP contribution in [0.15, 0.2) is 18.2 Å². The molecule has 0 bridgehead atoms. The van der Waals surface area contributed by atoms with E-state index in [1.54, 1.807) is 4.90 Å². The van der Waals surface area contributed by atoms with Gasteiger partial charge >= 0.3 is 0 Å². The van der Waals surface area contributed by atoms with Crippen molar-refractivity contribution in [2.75, 3.05) is 19.7 Å². The zero-order chi connectivity index (χ0) is 12.4. The Labute approximate surface area is 101 Å². The van der Waals surface area contributed by atoms with Crippen molar-refractivity contribution in [1.82, 2.24) is 4.90 Å². The highest BCUT2D eigenvalue weighted by Crippen LogP contribution is 2.16. The van der Waals surface area contributed by atoms with Crippen LogP contribution in [0.4, 0.5) is 0 Å². The lowest BCUT2D eigenvalue weighted by Crippen LogP contribution is -2.54. The smallest absolute Gasteiger partial charge is 0.260 e. The average molecular weight is 235 g/mol. The number of carbonyl (C=O) groups excluding carboxylic acids is 1. The van der Waals surface area contributed by atoms with Crippen LogP contribution in [0.5, 0.6) is 5.75 Å². The third-order valence-electron chi connectivity index (χ3n) is 3.06. The molecule has 0 unspecified atom stereocenters. The Morgan fingerprint density at radius 3 is 2.71 bits per heavy atom. The number of aliphatic hydroxyl groups excluding tert-OH is 1. The van der Waals surface area contributed by atoms with Crippen molar-refractivity contribution in [2.24, 2.45) is 0 Å². The zero-order valence-electron chi connectivity index (χ0n) is 10.1. The summed E-state index contributed by atoms with van der Waals surface area (Å²) in [4.78, 5) is 13.2. The number of aryl methyl sites for hydroxylation is 2. The summed E-state index contributed by atoms with van der Waals surface area (Å²) in [6.07, 6.45) is -0.361. The predicted octanol–water partition coefficient (Wildman–Crippen LogP) is 0.885. The van der Waals surface area contributed by atoms with Crippen molar-refractivity contribution < 1.29 is 14.6 Å². The number of rotatable bonds is 3. The number of amides is 1. The predicted molar refractivity (Wildman–Crippen MR) is 64.0 cm³/mol. The number of ether oxygens (including phenoxy) is 1. The minimum atomic E-state index is -0.361. The molecule has 1 saturated heterocycles. The van der Waals surface area contributed by atoms with E-state index in [0.717, 1.165) is 5.56 Å².